The van der Waals surface area contributed by atoms with Crippen molar-refractivity contribution in [2.24, 2.45) is 5.73 Å². The quantitative estimate of drug-likeness (QED) is 0.726. The van der Waals surface area contributed by atoms with Gasteiger partial charge in [0.1, 0.15) is 11.4 Å². The number of pyridine rings is 1. The Balaban J connectivity index is 0.00000225. The number of carboxylic acids is 1. The van der Waals surface area contributed by atoms with Gasteiger partial charge >= 0.3 is 5.97 Å². The molecule has 28 heavy (non-hydrogen) atoms. The van der Waals surface area contributed by atoms with Gasteiger partial charge in [-0.2, -0.15) is 0 Å². The molecule has 2 aliphatic rings. The van der Waals surface area contributed by atoms with Gasteiger partial charge in [-0.1, -0.05) is 18.0 Å². The minimum atomic E-state index is -1.32. The molecule has 2 aromatic rings. The fraction of sp³-hybridized carbons (Fsp3) is 0.474. The number of aromatic carboxylic acids is 1. The van der Waals surface area contributed by atoms with Crippen LogP contribution in [0.4, 0.5) is 10.1 Å². The van der Waals surface area contributed by atoms with Crippen LogP contribution in [-0.2, 0) is 0 Å². The summed E-state index contributed by atoms with van der Waals surface area (Å²) < 4.78 is 16.7. The lowest BCUT2D eigenvalue weighted by atomic mass is 10.1. The van der Waals surface area contributed by atoms with E-state index in [-0.39, 0.29) is 46.2 Å². The minimum absolute atomic E-state index is 0. The van der Waals surface area contributed by atoms with Gasteiger partial charge < -0.3 is 32.7 Å². The summed E-state index contributed by atoms with van der Waals surface area (Å²) in [7, 11) is 0. The van der Waals surface area contributed by atoms with Crippen molar-refractivity contribution in [1.82, 2.24) is 4.57 Å². The van der Waals surface area contributed by atoms with Gasteiger partial charge in [0, 0.05) is 31.4 Å². The second-order valence-corrected chi connectivity index (χ2v) is 7.81. The molecule has 0 radical (unpaired) electrons. The average molecular weight is 429 g/mol. The average Bonchev–Trinajstić information content (AvgIpc) is 3.44. The number of anilines is 1. The van der Waals surface area contributed by atoms with E-state index >= 15 is 4.39 Å². The molecule has 1 aromatic carbocycles. The molecule has 1 saturated heterocycles. The van der Waals surface area contributed by atoms with Gasteiger partial charge in [0.05, 0.1) is 21.6 Å². The molecule has 1 saturated carbocycles. The fourth-order valence-corrected chi connectivity index (χ4v) is 4.30. The summed E-state index contributed by atoms with van der Waals surface area (Å²) in [5.74, 6) is -1.95. The van der Waals surface area contributed by atoms with Crippen molar-refractivity contribution in [3.63, 3.8) is 0 Å². The smallest absolute Gasteiger partial charge is 0.341 e. The van der Waals surface area contributed by atoms with Crippen molar-refractivity contribution in [3.05, 3.63) is 38.9 Å². The molecule has 9 heteroatoms. The van der Waals surface area contributed by atoms with Gasteiger partial charge in [-0.05, 0) is 31.7 Å². The third-order valence-corrected chi connectivity index (χ3v) is 5.74. The Morgan fingerprint density at radius 3 is 2.64 bits per heavy atom. The summed E-state index contributed by atoms with van der Waals surface area (Å²) >= 11 is 6.63. The first-order valence-corrected chi connectivity index (χ1v) is 9.57. The number of nitrogens with two attached hydrogens (primary N) is 1. The normalized spacial score (nSPS) is 20.0. The van der Waals surface area contributed by atoms with E-state index in [4.69, 9.17) is 17.3 Å². The number of fused-ring (bicyclic) bond motifs is 1. The topological polar surface area (TPSA) is 88.6 Å². The molecule has 0 bridgehead atoms. The molecular weight excluding hydrogens is 408 g/mol. The molecule has 6 nitrogen and oxygen atoms in total. The van der Waals surface area contributed by atoms with E-state index in [0.717, 1.165) is 38.2 Å². The molecule has 1 atom stereocenters. The summed E-state index contributed by atoms with van der Waals surface area (Å²) in [4.78, 5) is 25.9. The highest BCUT2D eigenvalue weighted by atomic mass is 35.5. The van der Waals surface area contributed by atoms with Crippen molar-refractivity contribution in [2.45, 2.75) is 44.2 Å². The summed E-state index contributed by atoms with van der Waals surface area (Å²) in [6.07, 6.45) is 5.81. The summed E-state index contributed by atoms with van der Waals surface area (Å²) in [5.41, 5.74) is 5.69. The van der Waals surface area contributed by atoms with Gasteiger partial charge in [0.2, 0.25) is 5.43 Å². The molecule has 152 valence electrons. The first-order valence-electron chi connectivity index (χ1n) is 9.19. The number of rotatable bonds is 3. The van der Waals surface area contributed by atoms with Crippen LogP contribution in [0.2, 0.25) is 5.02 Å². The van der Waals surface area contributed by atoms with Crippen molar-refractivity contribution in [1.29, 1.82) is 0 Å². The first kappa shape index (κ1) is 20.9. The molecule has 2 fully saturated rings. The number of benzene rings is 1. The number of hydrogen-bond donors (Lipinski definition) is 2. The van der Waals surface area contributed by atoms with E-state index in [2.05, 4.69) is 0 Å². The van der Waals surface area contributed by atoms with Crippen molar-refractivity contribution >= 4 is 34.2 Å². The number of carboxylic acid groups (broad SMARTS) is 1. The molecule has 1 aliphatic heterocycles. The molecule has 0 amide bonds. The highest BCUT2D eigenvalue weighted by Gasteiger charge is 2.30. The van der Waals surface area contributed by atoms with Crippen LogP contribution in [0.25, 0.3) is 10.9 Å². The maximum Gasteiger partial charge on any atom is 0.341 e. The summed E-state index contributed by atoms with van der Waals surface area (Å²) in [6, 6.07) is 1.13. The minimum Gasteiger partial charge on any atom is -1.00 e. The maximum absolute atomic E-state index is 15.0. The van der Waals surface area contributed by atoms with E-state index in [0.29, 0.717) is 18.6 Å². The Labute approximate surface area is 172 Å². The third kappa shape index (κ3) is 3.58. The molecular formula is C19H21Cl2FN3O3-. The lowest BCUT2D eigenvalue weighted by molar-refractivity contribution is -0.0000217. The molecule has 0 spiro atoms. The largest absolute Gasteiger partial charge is 1.00 e. The van der Waals surface area contributed by atoms with E-state index in [9.17, 15) is 14.7 Å². The Bertz CT molecular complexity index is 991. The van der Waals surface area contributed by atoms with Crippen LogP contribution in [0, 0.1) is 5.82 Å². The SMILES string of the molecule is N[C@@H]1CCCCN(c2c(F)cc3c(=O)c(C(=O)O)cn(C4CC4)c3c2Cl)C1.[Cl-]. The van der Waals surface area contributed by atoms with Crippen molar-refractivity contribution < 1.29 is 26.7 Å². The van der Waals surface area contributed by atoms with Gasteiger partial charge in [0.15, 0.2) is 0 Å². The van der Waals surface area contributed by atoms with E-state index in [1.165, 1.54) is 6.20 Å². The lowest BCUT2D eigenvalue weighted by Crippen LogP contribution is -3.00. The Morgan fingerprint density at radius 2 is 2.00 bits per heavy atom. The van der Waals surface area contributed by atoms with Crippen LogP contribution in [0.5, 0.6) is 0 Å². The maximum atomic E-state index is 15.0. The van der Waals surface area contributed by atoms with Gasteiger partial charge in [0.25, 0.3) is 0 Å². The Hall–Kier alpha value is -1.83. The van der Waals surface area contributed by atoms with Crippen LogP contribution >= 0.6 is 11.6 Å². The summed E-state index contributed by atoms with van der Waals surface area (Å²) in [5, 5.41) is 9.51. The van der Waals surface area contributed by atoms with Gasteiger partial charge in [-0.25, -0.2) is 9.18 Å². The molecule has 4 rings (SSSR count). The first-order chi connectivity index (χ1) is 12.9. The molecule has 2 heterocycles. The van der Waals surface area contributed by atoms with Crippen LogP contribution in [0.15, 0.2) is 17.1 Å². The molecule has 1 aromatic heterocycles. The van der Waals surface area contributed by atoms with Crippen LogP contribution in [-0.4, -0.2) is 34.8 Å². The number of nitrogens with zero attached hydrogens (tertiary/aromatic N) is 2. The highest BCUT2D eigenvalue weighted by Crippen LogP contribution is 2.42. The van der Waals surface area contributed by atoms with E-state index in [1.807, 2.05) is 4.90 Å². The predicted molar refractivity (Wildman–Crippen MR) is 102 cm³/mol. The zero-order valence-corrected chi connectivity index (χ0v) is 16.6. The zero-order chi connectivity index (χ0) is 19.3. The fourth-order valence-electron chi connectivity index (χ4n) is 3.89. The van der Waals surface area contributed by atoms with Crippen LogP contribution in [0.1, 0.15) is 48.5 Å². The van der Waals surface area contributed by atoms with E-state index < -0.39 is 17.2 Å². The van der Waals surface area contributed by atoms with Crippen molar-refractivity contribution in [3.8, 4) is 0 Å². The number of halogens is 3. The predicted octanol–water partition coefficient (Wildman–Crippen LogP) is 0.149. The second-order valence-electron chi connectivity index (χ2n) is 7.43. The zero-order valence-electron chi connectivity index (χ0n) is 15.1. The summed E-state index contributed by atoms with van der Waals surface area (Å²) in [6.45, 7) is 1.12. The van der Waals surface area contributed by atoms with Crippen LogP contribution < -0.4 is 28.5 Å². The molecule has 1 aliphatic carbocycles. The van der Waals surface area contributed by atoms with E-state index in [1.54, 1.807) is 4.57 Å². The van der Waals surface area contributed by atoms with Crippen LogP contribution in [0.3, 0.4) is 0 Å². The van der Waals surface area contributed by atoms with Gasteiger partial charge in [-0.15, -0.1) is 0 Å². The third-order valence-electron chi connectivity index (χ3n) is 5.38. The number of aromatic nitrogens is 1. The molecule has 3 N–H and O–H groups in total. The standard InChI is InChI=1S/C19H21ClFN3O3.ClH/c20-15-16-12(18(25)13(19(26)27)9-24(16)11-4-5-11)7-14(21)17(15)23-6-2-1-3-10(22)8-23;/h7,9-11H,1-6,8,22H2,(H,26,27);1H/p-1/t10-;/m1./s1. The number of hydrogen-bond acceptors (Lipinski definition) is 4. The second kappa shape index (κ2) is 7.89. The monoisotopic (exact) mass is 428 g/mol. The Kier molecular flexibility index (Phi) is 5.89. The number of carbonyl (C=O) groups is 1. The highest BCUT2D eigenvalue weighted by molar-refractivity contribution is 6.38. The Morgan fingerprint density at radius 1 is 1.29 bits per heavy atom. The van der Waals surface area contributed by atoms with Crippen molar-refractivity contribution in [2.75, 3.05) is 18.0 Å². The molecule has 0 unspecified atom stereocenters. The van der Waals surface area contributed by atoms with Gasteiger partial charge in [-0.3, -0.25) is 4.79 Å². The lowest BCUT2D eigenvalue weighted by Gasteiger charge is -2.27.